The van der Waals surface area contributed by atoms with Gasteiger partial charge in [0.1, 0.15) is 5.82 Å². The van der Waals surface area contributed by atoms with Gasteiger partial charge in [-0.05, 0) is 37.7 Å². The fraction of sp³-hybridized carbons (Fsp3) is 0.562. The van der Waals surface area contributed by atoms with Crippen LogP contribution in [0.1, 0.15) is 18.4 Å². The van der Waals surface area contributed by atoms with Crippen LogP contribution in [0.5, 0.6) is 0 Å². The van der Waals surface area contributed by atoms with Gasteiger partial charge in [-0.1, -0.05) is 17.7 Å². The topological polar surface area (TPSA) is 35.6 Å². The van der Waals surface area contributed by atoms with Crippen molar-refractivity contribution < 1.29 is 9.18 Å². The van der Waals surface area contributed by atoms with E-state index < -0.39 is 0 Å². The highest BCUT2D eigenvalue weighted by Crippen LogP contribution is 2.19. The van der Waals surface area contributed by atoms with E-state index in [4.69, 9.17) is 11.6 Å². The number of carbonyl (C=O) groups excluding carboxylic acids is 1. The third-order valence-corrected chi connectivity index (χ3v) is 4.30. The molecule has 1 heterocycles. The highest BCUT2D eigenvalue weighted by atomic mass is 35.5. The molecule has 0 aliphatic carbocycles. The van der Waals surface area contributed by atoms with Crippen LogP contribution < -0.4 is 5.32 Å². The number of rotatable bonds is 6. The fourth-order valence-corrected chi connectivity index (χ4v) is 2.85. The first-order chi connectivity index (χ1) is 10.6. The van der Waals surface area contributed by atoms with Gasteiger partial charge in [0.25, 0.3) is 0 Å². The second kappa shape index (κ2) is 11.9. The molecule has 2 rings (SSSR count). The summed E-state index contributed by atoms with van der Waals surface area (Å²) in [5.41, 5.74) is 0.928. The van der Waals surface area contributed by atoms with Crippen molar-refractivity contribution >= 4 is 42.3 Å². The van der Waals surface area contributed by atoms with Crippen LogP contribution in [0.15, 0.2) is 18.2 Å². The minimum Gasteiger partial charge on any atom is -0.340 e. The highest BCUT2D eigenvalue weighted by molar-refractivity contribution is 6.31. The number of benzene rings is 1. The Morgan fingerprint density at radius 3 is 2.50 bits per heavy atom. The van der Waals surface area contributed by atoms with E-state index in [1.807, 2.05) is 11.9 Å². The van der Waals surface area contributed by atoms with E-state index in [2.05, 4.69) is 10.2 Å². The Morgan fingerprint density at radius 1 is 1.25 bits per heavy atom. The van der Waals surface area contributed by atoms with Gasteiger partial charge in [0.2, 0.25) is 5.91 Å². The summed E-state index contributed by atoms with van der Waals surface area (Å²) in [5, 5.41) is 3.51. The third-order valence-electron chi connectivity index (χ3n) is 3.95. The number of carbonyl (C=O) groups is 1. The molecule has 24 heavy (non-hydrogen) atoms. The lowest BCUT2D eigenvalue weighted by atomic mass is 10.2. The van der Waals surface area contributed by atoms with E-state index in [-0.39, 0.29) is 36.5 Å². The Bertz CT molecular complexity index is 511. The predicted molar refractivity (Wildman–Crippen MR) is 101 cm³/mol. The number of hydrogen-bond donors (Lipinski definition) is 1. The molecule has 0 spiro atoms. The van der Waals surface area contributed by atoms with Crippen molar-refractivity contribution in [3.05, 3.63) is 34.6 Å². The molecule has 1 aromatic carbocycles. The SMILES string of the molecule is CNCCCC(=O)N1CCN(Cc2ccc(F)cc2Cl)CC1.Cl.Cl. The third kappa shape index (κ3) is 7.11. The molecule has 0 atom stereocenters. The van der Waals surface area contributed by atoms with Gasteiger partial charge in [0, 0.05) is 44.2 Å². The predicted octanol–water partition coefficient (Wildman–Crippen LogP) is 2.97. The molecule has 0 saturated carbocycles. The normalized spacial score (nSPS) is 14.7. The summed E-state index contributed by atoms with van der Waals surface area (Å²) in [6.45, 7) is 4.71. The molecule has 0 radical (unpaired) electrons. The number of piperazine rings is 1. The molecular weight excluding hydrogens is 376 g/mol. The van der Waals surface area contributed by atoms with Gasteiger partial charge in [-0.25, -0.2) is 4.39 Å². The molecule has 1 aromatic rings. The maximum Gasteiger partial charge on any atom is 0.222 e. The Labute approximate surface area is 160 Å². The zero-order chi connectivity index (χ0) is 15.9. The second-order valence-corrected chi connectivity index (χ2v) is 6.01. The molecule has 1 amide bonds. The van der Waals surface area contributed by atoms with Crippen LogP contribution in [0.3, 0.4) is 0 Å². The zero-order valence-electron chi connectivity index (χ0n) is 13.8. The Balaban J connectivity index is 0.00000264. The molecule has 1 aliphatic rings. The van der Waals surface area contributed by atoms with Crippen molar-refractivity contribution in [2.45, 2.75) is 19.4 Å². The number of halogens is 4. The van der Waals surface area contributed by atoms with E-state index in [1.165, 1.54) is 12.1 Å². The molecule has 0 unspecified atom stereocenters. The summed E-state index contributed by atoms with van der Waals surface area (Å²) < 4.78 is 13.0. The first-order valence-electron chi connectivity index (χ1n) is 7.69. The first-order valence-corrected chi connectivity index (χ1v) is 8.06. The van der Waals surface area contributed by atoms with Crippen molar-refractivity contribution in [2.24, 2.45) is 0 Å². The summed E-state index contributed by atoms with van der Waals surface area (Å²) in [4.78, 5) is 16.2. The van der Waals surface area contributed by atoms with Crippen molar-refractivity contribution in [3.63, 3.8) is 0 Å². The quantitative estimate of drug-likeness (QED) is 0.746. The Morgan fingerprint density at radius 2 is 1.92 bits per heavy atom. The fourth-order valence-electron chi connectivity index (χ4n) is 2.62. The summed E-state index contributed by atoms with van der Waals surface area (Å²) in [5.74, 6) is -0.0829. The van der Waals surface area contributed by atoms with E-state index >= 15 is 0 Å². The summed E-state index contributed by atoms with van der Waals surface area (Å²) in [6.07, 6.45) is 1.48. The van der Waals surface area contributed by atoms with Gasteiger partial charge in [-0.3, -0.25) is 9.69 Å². The molecule has 138 valence electrons. The summed E-state index contributed by atoms with van der Waals surface area (Å²) in [7, 11) is 1.89. The smallest absolute Gasteiger partial charge is 0.222 e. The standard InChI is InChI=1S/C16H23ClFN3O.2ClH/c1-19-6-2-3-16(22)21-9-7-20(8-10-21)12-13-4-5-14(18)11-15(13)17;;/h4-5,11,19H,2-3,6-10,12H2,1H3;2*1H. The van der Waals surface area contributed by atoms with Crippen LogP contribution in [0.4, 0.5) is 4.39 Å². The van der Waals surface area contributed by atoms with Crippen molar-refractivity contribution in [3.8, 4) is 0 Å². The molecule has 8 heteroatoms. The number of amides is 1. The molecule has 1 N–H and O–H groups in total. The molecule has 0 aromatic heterocycles. The van der Waals surface area contributed by atoms with Crippen molar-refractivity contribution in [1.82, 2.24) is 15.1 Å². The van der Waals surface area contributed by atoms with Gasteiger partial charge in [-0.2, -0.15) is 0 Å². The second-order valence-electron chi connectivity index (χ2n) is 5.60. The molecule has 4 nitrogen and oxygen atoms in total. The van der Waals surface area contributed by atoms with Gasteiger partial charge in [0.05, 0.1) is 0 Å². The Kier molecular flexibility index (Phi) is 11.6. The van der Waals surface area contributed by atoms with Crippen LogP contribution in [-0.2, 0) is 11.3 Å². The van der Waals surface area contributed by atoms with Crippen molar-refractivity contribution in [2.75, 3.05) is 39.8 Å². The maximum absolute atomic E-state index is 13.0. The minimum absolute atomic E-state index is 0. The number of hydrogen-bond acceptors (Lipinski definition) is 3. The van der Waals surface area contributed by atoms with E-state index in [0.717, 1.165) is 44.7 Å². The lowest BCUT2D eigenvalue weighted by Crippen LogP contribution is -2.48. The molecule has 1 aliphatic heterocycles. The average Bonchev–Trinajstić information content (AvgIpc) is 2.51. The van der Waals surface area contributed by atoms with Gasteiger partial charge >= 0.3 is 0 Å². The van der Waals surface area contributed by atoms with Crippen LogP contribution in [0, 0.1) is 5.82 Å². The maximum atomic E-state index is 13.0. The van der Waals surface area contributed by atoms with Crippen LogP contribution in [-0.4, -0.2) is 55.5 Å². The number of nitrogens with zero attached hydrogens (tertiary/aromatic N) is 2. The molecule has 0 bridgehead atoms. The molecule has 1 saturated heterocycles. The van der Waals surface area contributed by atoms with Gasteiger partial charge < -0.3 is 10.2 Å². The number of nitrogens with one attached hydrogen (secondary N) is 1. The van der Waals surface area contributed by atoms with Gasteiger partial charge in [0.15, 0.2) is 0 Å². The lowest BCUT2D eigenvalue weighted by molar-refractivity contribution is -0.133. The van der Waals surface area contributed by atoms with E-state index in [0.29, 0.717) is 18.0 Å². The van der Waals surface area contributed by atoms with E-state index in [1.54, 1.807) is 6.07 Å². The van der Waals surface area contributed by atoms with Crippen LogP contribution >= 0.6 is 36.4 Å². The lowest BCUT2D eigenvalue weighted by Gasteiger charge is -2.35. The van der Waals surface area contributed by atoms with Crippen LogP contribution in [0.2, 0.25) is 5.02 Å². The highest BCUT2D eigenvalue weighted by Gasteiger charge is 2.21. The summed E-state index contributed by atoms with van der Waals surface area (Å²) in [6, 6.07) is 4.51. The zero-order valence-corrected chi connectivity index (χ0v) is 16.2. The largest absolute Gasteiger partial charge is 0.340 e. The molecule has 1 fully saturated rings. The monoisotopic (exact) mass is 399 g/mol. The van der Waals surface area contributed by atoms with E-state index in [9.17, 15) is 9.18 Å². The minimum atomic E-state index is -0.314. The van der Waals surface area contributed by atoms with Gasteiger partial charge in [-0.15, -0.1) is 24.8 Å². The summed E-state index contributed by atoms with van der Waals surface area (Å²) >= 11 is 6.06. The average molecular weight is 401 g/mol. The van der Waals surface area contributed by atoms with Crippen LogP contribution in [0.25, 0.3) is 0 Å². The van der Waals surface area contributed by atoms with Crippen molar-refractivity contribution in [1.29, 1.82) is 0 Å². The Hall–Kier alpha value is -0.590. The molecular formula is C16H25Cl3FN3O. The first kappa shape index (κ1) is 23.4.